The molecule has 0 aliphatic heterocycles. The van der Waals surface area contributed by atoms with Gasteiger partial charge in [-0.05, 0) is 44.5 Å². The lowest BCUT2D eigenvalue weighted by Crippen LogP contribution is -2.21. The highest BCUT2D eigenvalue weighted by atomic mass is 35.5. The fourth-order valence-corrected chi connectivity index (χ4v) is 3.90. The molecule has 0 aliphatic carbocycles. The largest absolute Gasteiger partial charge is 0.462 e. The zero-order valence-corrected chi connectivity index (χ0v) is 17.9. The molecule has 0 amide bonds. The predicted octanol–water partition coefficient (Wildman–Crippen LogP) is 3.75. The van der Waals surface area contributed by atoms with Crippen LogP contribution in [0.5, 0.6) is 0 Å². The number of fused-ring (bicyclic) bond motifs is 1. The van der Waals surface area contributed by atoms with Crippen molar-refractivity contribution in [3.05, 3.63) is 62.8 Å². The van der Waals surface area contributed by atoms with Gasteiger partial charge in [0.1, 0.15) is 10.7 Å². The van der Waals surface area contributed by atoms with Crippen LogP contribution in [-0.2, 0) is 4.74 Å². The summed E-state index contributed by atoms with van der Waals surface area (Å²) in [4.78, 5) is 38.5. The van der Waals surface area contributed by atoms with Gasteiger partial charge in [-0.3, -0.25) is 14.3 Å². The first-order chi connectivity index (χ1) is 14.4. The van der Waals surface area contributed by atoms with Gasteiger partial charge in [0.2, 0.25) is 10.6 Å². The maximum absolute atomic E-state index is 13.0. The van der Waals surface area contributed by atoms with Crippen LogP contribution >= 0.6 is 23.1 Å². The monoisotopic (exact) mass is 441 g/mol. The van der Waals surface area contributed by atoms with Crippen LogP contribution in [0.1, 0.15) is 28.5 Å². The summed E-state index contributed by atoms with van der Waals surface area (Å²) < 4.78 is 11.0. The second-order valence-electron chi connectivity index (χ2n) is 6.51. The van der Waals surface area contributed by atoms with Crippen LogP contribution in [0, 0.1) is 13.8 Å². The van der Waals surface area contributed by atoms with Crippen molar-refractivity contribution in [1.82, 2.24) is 23.9 Å². The maximum atomic E-state index is 13.0. The van der Waals surface area contributed by atoms with E-state index in [4.69, 9.17) is 16.3 Å². The lowest BCUT2D eigenvalue weighted by molar-refractivity contribution is 0.0524. The fourth-order valence-electron chi connectivity index (χ4n) is 2.99. The van der Waals surface area contributed by atoms with Gasteiger partial charge >= 0.3 is 5.97 Å². The smallest absolute Gasteiger partial charge is 0.343 e. The van der Waals surface area contributed by atoms with E-state index in [1.54, 1.807) is 30.7 Å². The average Bonchev–Trinajstić information content (AvgIpc) is 3.18. The topological polar surface area (TPSA) is 99.9 Å². The van der Waals surface area contributed by atoms with Crippen LogP contribution in [0.2, 0.25) is 5.15 Å². The maximum Gasteiger partial charge on any atom is 0.343 e. The first kappa shape index (κ1) is 20.1. The van der Waals surface area contributed by atoms with Gasteiger partial charge in [-0.15, -0.1) is 0 Å². The van der Waals surface area contributed by atoms with Gasteiger partial charge in [0, 0.05) is 35.2 Å². The van der Waals surface area contributed by atoms with Crippen LogP contribution in [0.4, 0.5) is 0 Å². The van der Waals surface area contributed by atoms with Crippen molar-refractivity contribution >= 4 is 40.1 Å². The van der Waals surface area contributed by atoms with Crippen molar-refractivity contribution in [2.45, 2.75) is 20.8 Å². The molecule has 4 heterocycles. The van der Waals surface area contributed by atoms with E-state index >= 15 is 0 Å². The molecule has 0 aromatic carbocycles. The minimum absolute atomic E-state index is 0.106. The molecule has 0 fully saturated rings. The van der Waals surface area contributed by atoms with Gasteiger partial charge in [0.25, 0.3) is 0 Å². The van der Waals surface area contributed by atoms with Gasteiger partial charge in [-0.1, -0.05) is 11.6 Å². The second kappa shape index (κ2) is 7.92. The minimum Gasteiger partial charge on any atom is -0.462 e. The molecule has 0 aliphatic rings. The lowest BCUT2D eigenvalue weighted by Gasteiger charge is -2.11. The molecule has 0 unspecified atom stereocenters. The van der Waals surface area contributed by atoms with Crippen molar-refractivity contribution in [1.29, 1.82) is 0 Å². The number of halogens is 1. The molecule has 0 spiro atoms. The van der Waals surface area contributed by atoms with Crippen LogP contribution in [0.15, 0.2) is 35.4 Å². The third-order valence-electron chi connectivity index (χ3n) is 4.41. The van der Waals surface area contributed by atoms with E-state index in [2.05, 4.69) is 19.3 Å². The van der Waals surface area contributed by atoms with Crippen molar-refractivity contribution in [3.8, 4) is 16.5 Å². The molecule has 10 heteroatoms. The number of nitrogens with zero attached hydrogens (tertiary/aromatic N) is 5. The Morgan fingerprint density at radius 1 is 1.27 bits per heavy atom. The van der Waals surface area contributed by atoms with Gasteiger partial charge in [0.05, 0.1) is 12.0 Å². The molecule has 0 saturated heterocycles. The van der Waals surface area contributed by atoms with Gasteiger partial charge in [-0.2, -0.15) is 9.36 Å². The summed E-state index contributed by atoms with van der Waals surface area (Å²) in [5.41, 5.74) is 1.96. The molecule has 30 heavy (non-hydrogen) atoms. The van der Waals surface area contributed by atoms with Gasteiger partial charge in [-0.25, -0.2) is 9.78 Å². The molecule has 152 valence electrons. The summed E-state index contributed by atoms with van der Waals surface area (Å²) in [7, 11) is 0. The number of aromatic nitrogens is 5. The van der Waals surface area contributed by atoms with E-state index in [0.29, 0.717) is 22.2 Å². The van der Waals surface area contributed by atoms with Crippen molar-refractivity contribution < 1.29 is 9.53 Å². The van der Waals surface area contributed by atoms with E-state index in [1.807, 2.05) is 19.1 Å². The highest BCUT2D eigenvalue weighted by Gasteiger charge is 2.21. The van der Waals surface area contributed by atoms with E-state index in [-0.39, 0.29) is 22.7 Å². The Labute approximate surface area is 180 Å². The average molecular weight is 442 g/mol. The number of rotatable bonds is 4. The number of esters is 1. The summed E-state index contributed by atoms with van der Waals surface area (Å²) in [6.45, 7) is 5.46. The summed E-state index contributed by atoms with van der Waals surface area (Å²) in [6.07, 6.45) is 3.07. The molecule has 0 atom stereocenters. The molecule has 0 saturated carbocycles. The molecule has 4 rings (SSSR count). The summed E-state index contributed by atoms with van der Waals surface area (Å²) in [6, 6.07) is 5.32. The van der Waals surface area contributed by atoms with E-state index in [0.717, 1.165) is 22.8 Å². The van der Waals surface area contributed by atoms with E-state index in [9.17, 15) is 9.59 Å². The van der Waals surface area contributed by atoms with Crippen LogP contribution < -0.4 is 5.43 Å². The summed E-state index contributed by atoms with van der Waals surface area (Å²) >= 11 is 7.25. The normalized spacial score (nSPS) is 11.1. The predicted molar refractivity (Wildman–Crippen MR) is 114 cm³/mol. The number of hydrogen-bond donors (Lipinski definition) is 0. The Balaban J connectivity index is 1.96. The van der Waals surface area contributed by atoms with Gasteiger partial charge < -0.3 is 4.74 Å². The van der Waals surface area contributed by atoms with Gasteiger partial charge in [0.15, 0.2) is 11.5 Å². The summed E-state index contributed by atoms with van der Waals surface area (Å²) in [5.74, 6) is -0.231. The number of hydrogen-bond acceptors (Lipinski definition) is 8. The Bertz CT molecular complexity index is 1330. The molecule has 0 radical (unpaired) electrons. The lowest BCUT2D eigenvalue weighted by atomic mass is 10.1. The van der Waals surface area contributed by atoms with Crippen LogP contribution in [0.25, 0.3) is 27.6 Å². The van der Waals surface area contributed by atoms with E-state index in [1.165, 1.54) is 6.20 Å². The first-order valence-electron chi connectivity index (χ1n) is 9.05. The molecule has 0 bridgehead atoms. The third-order valence-corrected chi connectivity index (χ3v) is 5.32. The zero-order valence-electron chi connectivity index (χ0n) is 16.3. The molecule has 8 nitrogen and oxygen atoms in total. The molecular weight excluding hydrogens is 426 g/mol. The molecule has 4 aromatic heterocycles. The second-order valence-corrected chi connectivity index (χ2v) is 7.63. The van der Waals surface area contributed by atoms with Crippen molar-refractivity contribution in [3.63, 3.8) is 0 Å². The fraction of sp³-hybridized carbons (Fsp3) is 0.200. The molecule has 0 N–H and O–H groups in total. The van der Waals surface area contributed by atoms with Crippen molar-refractivity contribution in [2.24, 2.45) is 0 Å². The SMILES string of the molecule is CCOC(=O)c1cn(-c2nc(-c3ccc(C)nc3)ns2)c2nc(Cl)cc(C)c2c1=O. The molecule has 4 aromatic rings. The number of carbonyl (C=O) groups is 1. The van der Waals surface area contributed by atoms with Crippen LogP contribution in [-0.4, -0.2) is 36.5 Å². The highest BCUT2D eigenvalue weighted by Crippen LogP contribution is 2.25. The van der Waals surface area contributed by atoms with E-state index < -0.39 is 11.4 Å². The number of pyridine rings is 3. The number of aryl methyl sites for hydroxylation is 2. The Hall–Kier alpha value is -3.17. The third kappa shape index (κ3) is 3.57. The standard InChI is InChI=1S/C20H16ClN5O3S/c1-4-29-19(28)13-9-26(18-15(16(13)27)10(2)7-14(21)23-18)20-24-17(25-30-20)12-6-5-11(3)22-8-12/h5-9H,4H2,1-3H3. The van der Waals surface area contributed by atoms with Crippen molar-refractivity contribution in [2.75, 3.05) is 6.61 Å². The number of ether oxygens (including phenoxy) is 1. The Morgan fingerprint density at radius 3 is 2.77 bits per heavy atom. The minimum atomic E-state index is -0.708. The molecular formula is C20H16ClN5O3S. The quantitative estimate of drug-likeness (QED) is 0.351. The van der Waals surface area contributed by atoms with Crippen LogP contribution in [0.3, 0.4) is 0 Å². The number of carbonyl (C=O) groups excluding carboxylic acids is 1. The Morgan fingerprint density at radius 2 is 2.07 bits per heavy atom. The highest BCUT2D eigenvalue weighted by molar-refractivity contribution is 7.08. The first-order valence-corrected chi connectivity index (χ1v) is 10.2. The zero-order chi connectivity index (χ0) is 21.4. The Kier molecular flexibility index (Phi) is 5.31. The summed E-state index contributed by atoms with van der Waals surface area (Å²) in [5, 5.41) is 0.929.